The van der Waals surface area contributed by atoms with Gasteiger partial charge in [0.25, 0.3) is 0 Å². The molecular formula is C20H44FN. The molecule has 0 saturated carbocycles. The number of quaternary nitrogens is 1. The van der Waals surface area contributed by atoms with Crippen LogP contribution in [0.2, 0.25) is 0 Å². The monoisotopic (exact) mass is 317 g/mol. The predicted octanol–water partition coefficient (Wildman–Crippen LogP) is 3.57. The highest BCUT2D eigenvalue weighted by atomic mass is 19.0. The normalized spacial score (nSPS) is 11.5. The van der Waals surface area contributed by atoms with Gasteiger partial charge >= 0.3 is 0 Å². The van der Waals surface area contributed by atoms with Crippen LogP contribution in [0.15, 0.2) is 0 Å². The molecule has 0 unspecified atom stereocenters. The van der Waals surface area contributed by atoms with E-state index < -0.39 is 0 Å². The Morgan fingerprint density at radius 1 is 0.455 bits per heavy atom. The van der Waals surface area contributed by atoms with Gasteiger partial charge in [-0.3, -0.25) is 0 Å². The summed E-state index contributed by atoms with van der Waals surface area (Å²) in [6.45, 7) is 14.9. The minimum Gasteiger partial charge on any atom is -1.00 e. The Balaban J connectivity index is 0. The molecule has 0 aliphatic rings. The van der Waals surface area contributed by atoms with Crippen molar-refractivity contribution in [1.82, 2.24) is 0 Å². The fourth-order valence-corrected chi connectivity index (χ4v) is 3.42. The lowest BCUT2D eigenvalue weighted by Crippen LogP contribution is -3.00. The Kier molecular flexibility index (Phi) is 18.9. The lowest BCUT2D eigenvalue weighted by Gasteiger charge is -2.37. The van der Waals surface area contributed by atoms with E-state index in [2.05, 4.69) is 27.7 Å². The van der Waals surface area contributed by atoms with Gasteiger partial charge in [-0.2, -0.15) is 0 Å². The highest BCUT2D eigenvalue weighted by molar-refractivity contribution is 4.49. The molecule has 0 fully saturated rings. The minimum atomic E-state index is 0. The summed E-state index contributed by atoms with van der Waals surface area (Å²) in [6, 6.07) is 0. The van der Waals surface area contributed by atoms with E-state index in [0.717, 1.165) is 0 Å². The molecule has 0 rings (SSSR count). The van der Waals surface area contributed by atoms with Crippen LogP contribution in [0.3, 0.4) is 0 Å². The lowest BCUT2D eigenvalue weighted by atomic mass is 10.1. The number of halogens is 1. The van der Waals surface area contributed by atoms with E-state index in [0.29, 0.717) is 0 Å². The average molecular weight is 318 g/mol. The molecule has 0 amide bonds. The van der Waals surface area contributed by atoms with Crippen molar-refractivity contribution in [3.05, 3.63) is 0 Å². The van der Waals surface area contributed by atoms with Gasteiger partial charge in [0.2, 0.25) is 0 Å². The average Bonchev–Trinajstić information content (AvgIpc) is 2.52. The number of nitrogens with zero attached hydrogens (tertiary/aromatic N) is 1. The quantitative estimate of drug-likeness (QED) is 0.302. The zero-order valence-corrected chi connectivity index (χ0v) is 16.1. The molecule has 0 saturated heterocycles. The summed E-state index contributed by atoms with van der Waals surface area (Å²) in [7, 11) is 0. The first-order valence-electron chi connectivity index (χ1n) is 10.1. The van der Waals surface area contributed by atoms with Gasteiger partial charge in [0, 0.05) is 0 Å². The lowest BCUT2D eigenvalue weighted by molar-refractivity contribution is -0.925. The molecule has 0 aromatic heterocycles. The van der Waals surface area contributed by atoms with Crippen LogP contribution in [0.4, 0.5) is 0 Å². The molecule has 0 aliphatic heterocycles. The van der Waals surface area contributed by atoms with Crippen molar-refractivity contribution in [2.45, 2.75) is 105 Å². The first-order chi connectivity index (χ1) is 10.2. The van der Waals surface area contributed by atoms with Crippen LogP contribution in [0.5, 0.6) is 0 Å². The maximum atomic E-state index is 2.40. The van der Waals surface area contributed by atoms with Crippen LogP contribution in [-0.4, -0.2) is 30.7 Å². The topological polar surface area (TPSA) is 0 Å². The van der Waals surface area contributed by atoms with Gasteiger partial charge in [-0.15, -0.1) is 0 Å². The van der Waals surface area contributed by atoms with Crippen LogP contribution in [0.1, 0.15) is 105 Å². The van der Waals surface area contributed by atoms with Crippen LogP contribution in [-0.2, 0) is 0 Å². The summed E-state index contributed by atoms with van der Waals surface area (Å²) in [5, 5.41) is 0. The summed E-state index contributed by atoms with van der Waals surface area (Å²) >= 11 is 0. The maximum Gasteiger partial charge on any atom is 0.0786 e. The second-order valence-electron chi connectivity index (χ2n) is 6.96. The van der Waals surface area contributed by atoms with Gasteiger partial charge in [-0.05, 0) is 39.5 Å². The van der Waals surface area contributed by atoms with Crippen LogP contribution in [0, 0.1) is 0 Å². The molecule has 0 aromatic carbocycles. The molecule has 136 valence electrons. The van der Waals surface area contributed by atoms with Gasteiger partial charge in [-0.25, -0.2) is 0 Å². The number of hydrogen-bond donors (Lipinski definition) is 0. The van der Waals surface area contributed by atoms with Crippen molar-refractivity contribution in [1.29, 1.82) is 0 Å². The second kappa shape index (κ2) is 17.2. The molecule has 0 heterocycles. The zero-order chi connectivity index (χ0) is 15.8. The third-order valence-corrected chi connectivity index (χ3v) is 5.31. The third-order valence-electron chi connectivity index (χ3n) is 5.31. The fourth-order valence-electron chi connectivity index (χ4n) is 3.42. The van der Waals surface area contributed by atoms with E-state index in [4.69, 9.17) is 0 Å². The molecule has 0 spiro atoms. The smallest absolute Gasteiger partial charge is 0.0786 e. The van der Waals surface area contributed by atoms with Gasteiger partial charge < -0.3 is 9.19 Å². The summed E-state index contributed by atoms with van der Waals surface area (Å²) in [4.78, 5) is 0. The van der Waals surface area contributed by atoms with E-state index in [9.17, 15) is 0 Å². The zero-order valence-electron chi connectivity index (χ0n) is 16.1. The third kappa shape index (κ3) is 12.4. The van der Waals surface area contributed by atoms with Crippen molar-refractivity contribution in [3.63, 3.8) is 0 Å². The first-order valence-corrected chi connectivity index (χ1v) is 10.1. The molecular weight excluding hydrogens is 273 g/mol. The number of unbranched alkanes of at least 4 members (excludes halogenated alkanes) is 10. The van der Waals surface area contributed by atoms with Crippen LogP contribution < -0.4 is 4.70 Å². The van der Waals surface area contributed by atoms with Crippen molar-refractivity contribution < 1.29 is 9.19 Å². The molecule has 0 atom stereocenters. The molecule has 1 nitrogen and oxygen atoms in total. The highest BCUT2D eigenvalue weighted by Crippen LogP contribution is 2.15. The van der Waals surface area contributed by atoms with E-state index in [1.165, 1.54) is 108 Å². The summed E-state index contributed by atoms with van der Waals surface area (Å²) in [5.41, 5.74) is 0. The Bertz CT molecular complexity index is 184. The fraction of sp³-hybridized carbons (Fsp3) is 1.00. The van der Waals surface area contributed by atoms with Gasteiger partial charge in [0.15, 0.2) is 0 Å². The molecule has 0 radical (unpaired) electrons. The van der Waals surface area contributed by atoms with Gasteiger partial charge in [0.05, 0.1) is 26.2 Å². The van der Waals surface area contributed by atoms with Crippen LogP contribution >= 0.6 is 0 Å². The van der Waals surface area contributed by atoms with E-state index in [1.807, 2.05) is 0 Å². The Morgan fingerprint density at radius 3 is 1.09 bits per heavy atom. The number of rotatable bonds is 16. The largest absolute Gasteiger partial charge is 1.00 e. The Hall–Kier alpha value is -0.110. The molecule has 0 aromatic rings. The molecule has 0 N–H and O–H groups in total. The van der Waals surface area contributed by atoms with Crippen molar-refractivity contribution in [2.24, 2.45) is 0 Å². The summed E-state index contributed by atoms with van der Waals surface area (Å²) in [5.74, 6) is 0. The minimum absolute atomic E-state index is 0. The van der Waals surface area contributed by atoms with Crippen molar-refractivity contribution in [3.8, 4) is 0 Å². The Labute approximate surface area is 140 Å². The predicted molar refractivity (Wildman–Crippen MR) is 97.8 cm³/mol. The van der Waals surface area contributed by atoms with Gasteiger partial charge in [0.1, 0.15) is 0 Å². The van der Waals surface area contributed by atoms with Crippen molar-refractivity contribution >= 4 is 0 Å². The van der Waals surface area contributed by atoms with Crippen molar-refractivity contribution in [2.75, 3.05) is 26.2 Å². The molecule has 22 heavy (non-hydrogen) atoms. The SMILES string of the molecule is CCCCCCCC[N+](CC)(CC)CCCCCCCC.[F-]. The number of hydrogen-bond acceptors (Lipinski definition) is 0. The highest BCUT2D eigenvalue weighted by Gasteiger charge is 2.21. The summed E-state index contributed by atoms with van der Waals surface area (Å²) < 4.78 is 1.38. The summed E-state index contributed by atoms with van der Waals surface area (Å²) in [6.07, 6.45) is 17.2. The van der Waals surface area contributed by atoms with Crippen LogP contribution in [0.25, 0.3) is 0 Å². The molecule has 0 aliphatic carbocycles. The van der Waals surface area contributed by atoms with E-state index in [-0.39, 0.29) is 4.70 Å². The Morgan fingerprint density at radius 2 is 0.773 bits per heavy atom. The second-order valence-corrected chi connectivity index (χ2v) is 6.96. The molecule has 2 heteroatoms. The van der Waals surface area contributed by atoms with E-state index >= 15 is 0 Å². The standard InChI is InChI=1S/C20H44N.FH/c1-5-9-11-13-15-17-19-21(7-3,8-4)20-18-16-14-12-10-6-2;/h5-20H2,1-4H3;1H/q+1;/p-1. The first kappa shape index (κ1) is 24.1. The van der Waals surface area contributed by atoms with E-state index in [1.54, 1.807) is 0 Å². The molecule has 0 bridgehead atoms. The maximum absolute atomic E-state index is 2.40. The van der Waals surface area contributed by atoms with Gasteiger partial charge in [-0.1, -0.05) is 65.2 Å².